The molecule has 25 heavy (non-hydrogen) atoms. The van der Waals surface area contributed by atoms with E-state index in [0.717, 1.165) is 5.75 Å². The summed E-state index contributed by atoms with van der Waals surface area (Å²) < 4.78 is 31.9. The Bertz CT molecular complexity index is 714. The van der Waals surface area contributed by atoms with Crippen LogP contribution in [0.15, 0.2) is 24.3 Å². The normalized spacial score (nSPS) is 17.6. The van der Waals surface area contributed by atoms with Crippen LogP contribution in [-0.2, 0) is 14.8 Å². The molecule has 0 bridgehead atoms. The lowest BCUT2D eigenvalue weighted by atomic mass is 10.2. The van der Waals surface area contributed by atoms with Crippen LogP contribution < -0.4 is 14.4 Å². The Hall–Kier alpha value is -1.41. The van der Waals surface area contributed by atoms with Gasteiger partial charge in [0.25, 0.3) is 5.91 Å². The van der Waals surface area contributed by atoms with E-state index in [0.29, 0.717) is 18.0 Å². The van der Waals surface area contributed by atoms with Gasteiger partial charge in [0.2, 0.25) is 10.0 Å². The number of thioether (sulfide) groups is 1. The number of ether oxygens (including phenoxy) is 1. The smallest absolute Gasteiger partial charge is 0.263 e. The fourth-order valence-corrected chi connectivity index (χ4v) is 4.34. The number of amides is 1. The molecule has 0 aromatic heterocycles. The van der Waals surface area contributed by atoms with Crippen molar-refractivity contribution in [2.24, 2.45) is 0 Å². The van der Waals surface area contributed by atoms with Crippen molar-refractivity contribution < 1.29 is 17.9 Å². The Morgan fingerprint density at radius 1 is 1.36 bits per heavy atom. The van der Waals surface area contributed by atoms with Crippen molar-refractivity contribution in [3.8, 4) is 5.75 Å². The summed E-state index contributed by atoms with van der Waals surface area (Å²) in [6.07, 6.45) is -0.851. The number of sulfonamides is 1. The first kappa shape index (κ1) is 19.9. The summed E-state index contributed by atoms with van der Waals surface area (Å²) in [5.74, 6) is 0.878. The number of carbonyl (C=O) groups is 1. The summed E-state index contributed by atoms with van der Waals surface area (Å²) in [5, 5.41) is 2.84. The van der Waals surface area contributed by atoms with Crippen molar-refractivity contribution in [3.05, 3.63) is 24.3 Å². The maximum Gasteiger partial charge on any atom is 0.263 e. The summed E-state index contributed by atoms with van der Waals surface area (Å²) in [7, 11) is -3.48. The largest absolute Gasteiger partial charge is 0.476 e. The number of fused-ring (bicyclic) bond motifs is 1. The fraction of sp³-hybridized carbons (Fsp3) is 0.588. The number of anilines is 1. The molecule has 1 aromatic rings. The van der Waals surface area contributed by atoms with E-state index in [1.807, 2.05) is 0 Å². The summed E-state index contributed by atoms with van der Waals surface area (Å²) in [6, 6.07) is 6.89. The van der Waals surface area contributed by atoms with Gasteiger partial charge in [-0.2, -0.15) is 11.8 Å². The number of hydrogen-bond donors (Lipinski definition) is 1. The van der Waals surface area contributed by atoms with E-state index in [2.05, 4.69) is 26.1 Å². The maximum atomic E-state index is 12.4. The molecule has 1 atom stereocenters. The molecule has 0 saturated carbocycles. The predicted molar refractivity (Wildman–Crippen MR) is 103 cm³/mol. The van der Waals surface area contributed by atoms with Crippen LogP contribution in [0.3, 0.4) is 0 Å². The molecule has 0 unspecified atom stereocenters. The molecule has 1 heterocycles. The van der Waals surface area contributed by atoms with Crippen LogP contribution in [0.2, 0.25) is 0 Å². The highest BCUT2D eigenvalue weighted by Crippen LogP contribution is 2.35. The second-order valence-electron chi connectivity index (χ2n) is 6.76. The number of carbonyl (C=O) groups excluding carboxylic acids is 1. The molecule has 1 aliphatic rings. The second kappa shape index (κ2) is 7.86. The summed E-state index contributed by atoms with van der Waals surface area (Å²) >= 11 is 1.76. The van der Waals surface area contributed by atoms with Gasteiger partial charge in [0.05, 0.1) is 18.0 Å². The van der Waals surface area contributed by atoms with E-state index >= 15 is 0 Å². The Balaban J connectivity index is 2.07. The van der Waals surface area contributed by atoms with E-state index in [4.69, 9.17) is 4.74 Å². The molecule has 1 amide bonds. The van der Waals surface area contributed by atoms with Gasteiger partial charge >= 0.3 is 0 Å². The van der Waals surface area contributed by atoms with Gasteiger partial charge in [-0.25, -0.2) is 8.42 Å². The van der Waals surface area contributed by atoms with Crippen molar-refractivity contribution in [2.75, 3.05) is 28.9 Å². The highest BCUT2D eigenvalue weighted by Gasteiger charge is 2.35. The van der Waals surface area contributed by atoms with Crippen LogP contribution in [0.25, 0.3) is 0 Å². The third-order valence-corrected chi connectivity index (χ3v) is 6.69. The van der Waals surface area contributed by atoms with Crippen molar-refractivity contribution in [3.63, 3.8) is 0 Å². The lowest BCUT2D eigenvalue weighted by Gasteiger charge is -2.34. The molecular formula is C17H26N2O4S2. The van der Waals surface area contributed by atoms with Crippen LogP contribution in [0.4, 0.5) is 5.69 Å². The van der Waals surface area contributed by atoms with E-state index in [1.54, 1.807) is 43.0 Å². The Kier molecular flexibility index (Phi) is 6.26. The maximum absolute atomic E-state index is 12.4. The van der Waals surface area contributed by atoms with Gasteiger partial charge in [0.15, 0.2) is 6.10 Å². The first-order valence-electron chi connectivity index (χ1n) is 8.32. The molecule has 2 rings (SSSR count). The molecule has 0 saturated heterocycles. The van der Waals surface area contributed by atoms with Crippen molar-refractivity contribution >= 4 is 33.4 Å². The number of nitrogens with zero attached hydrogens (tertiary/aromatic N) is 1. The monoisotopic (exact) mass is 386 g/mol. The second-order valence-corrected chi connectivity index (χ2v) is 10.9. The van der Waals surface area contributed by atoms with Crippen LogP contribution in [0.1, 0.15) is 27.7 Å². The third kappa shape index (κ3) is 5.28. The average Bonchev–Trinajstić information content (AvgIpc) is 2.56. The van der Waals surface area contributed by atoms with Gasteiger partial charge in [0, 0.05) is 17.0 Å². The van der Waals surface area contributed by atoms with Crippen molar-refractivity contribution in [1.82, 2.24) is 5.32 Å². The van der Waals surface area contributed by atoms with Gasteiger partial charge in [-0.15, -0.1) is 0 Å². The average molecular weight is 387 g/mol. The minimum atomic E-state index is -3.48. The minimum Gasteiger partial charge on any atom is -0.476 e. The SMILES string of the molecule is CCS(=O)(=O)N1C[C@H](C(=O)NCCSC(C)(C)C)Oc2ccccc21. The molecular weight excluding hydrogens is 360 g/mol. The van der Waals surface area contributed by atoms with Crippen LogP contribution in [0, 0.1) is 0 Å². The molecule has 140 valence electrons. The van der Waals surface area contributed by atoms with Crippen LogP contribution >= 0.6 is 11.8 Å². The molecule has 0 radical (unpaired) electrons. The molecule has 8 heteroatoms. The molecule has 1 aliphatic heterocycles. The lowest BCUT2D eigenvalue weighted by molar-refractivity contribution is -0.127. The summed E-state index contributed by atoms with van der Waals surface area (Å²) in [5.41, 5.74) is 0.483. The third-order valence-electron chi connectivity index (χ3n) is 3.66. The Labute approximate surface area is 154 Å². The molecule has 0 spiro atoms. The van der Waals surface area contributed by atoms with Crippen LogP contribution in [-0.4, -0.2) is 49.8 Å². The first-order chi connectivity index (χ1) is 11.6. The highest BCUT2D eigenvalue weighted by atomic mass is 32.2. The molecule has 0 fully saturated rings. The number of rotatable bonds is 6. The molecule has 0 aliphatic carbocycles. The van der Waals surface area contributed by atoms with Crippen LogP contribution in [0.5, 0.6) is 5.75 Å². The van der Waals surface area contributed by atoms with Gasteiger partial charge in [0.1, 0.15) is 5.75 Å². The van der Waals surface area contributed by atoms with E-state index in [-0.39, 0.29) is 23.0 Å². The van der Waals surface area contributed by atoms with Gasteiger partial charge in [-0.05, 0) is 19.1 Å². The van der Waals surface area contributed by atoms with E-state index < -0.39 is 16.1 Å². The zero-order valence-electron chi connectivity index (χ0n) is 15.1. The number of nitrogens with one attached hydrogen (secondary N) is 1. The molecule has 1 aromatic carbocycles. The Morgan fingerprint density at radius 3 is 2.68 bits per heavy atom. The first-order valence-corrected chi connectivity index (χ1v) is 10.9. The number of hydrogen-bond acceptors (Lipinski definition) is 5. The predicted octanol–water partition coefficient (Wildman–Crippen LogP) is 2.25. The van der Waals surface area contributed by atoms with Crippen molar-refractivity contribution in [2.45, 2.75) is 38.5 Å². The van der Waals surface area contributed by atoms with Gasteiger partial charge in [-0.3, -0.25) is 9.10 Å². The lowest BCUT2D eigenvalue weighted by Crippen LogP contribution is -2.51. The minimum absolute atomic E-state index is 0.00850. The van der Waals surface area contributed by atoms with E-state index in [9.17, 15) is 13.2 Å². The fourth-order valence-electron chi connectivity index (χ4n) is 2.40. The van der Waals surface area contributed by atoms with E-state index in [1.165, 1.54) is 4.31 Å². The van der Waals surface area contributed by atoms with Gasteiger partial charge < -0.3 is 10.1 Å². The number of benzene rings is 1. The molecule has 6 nitrogen and oxygen atoms in total. The summed E-state index contributed by atoms with van der Waals surface area (Å²) in [4.78, 5) is 12.4. The zero-order chi connectivity index (χ0) is 18.7. The van der Waals surface area contributed by atoms with Crippen molar-refractivity contribution in [1.29, 1.82) is 0 Å². The Morgan fingerprint density at radius 2 is 2.04 bits per heavy atom. The number of para-hydroxylation sites is 2. The zero-order valence-corrected chi connectivity index (χ0v) is 16.7. The van der Waals surface area contributed by atoms with Gasteiger partial charge in [-0.1, -0.05) is 32.9 Å². The quantitative estimate of drug-likeness (QED) is 0.759. The molecule has 1 N–H and O–H groups in total. The summed E-state index contributed by atoms with van der Waals surface area (Å²) in [6.45, 7) is 8.46. The topological polar surface area (TPSA) is 75.7 Å². The highest BCUT2D eigenvalue weighted by molar-refractivity contribution is 8.00. The standard InChI is InChI=1S/C17H26N2O4S2/c1-5-25(21,22)19-12-15(23-14-9-7-6-8-13(14)19)16(20)18-10-11-24-17(2,3)4/h6-9,15H,5,10-12H2,1-4H3,(H,18,20)/t15-/m1/s1.